The minimum Gasteiger partial charge on any atom is -0.493 e. The van der Waals surface area contributed by atoms with Crippen molar-refractivity contribution in [2.75, 3.05) is 19.0 Å². The molecule has 0 aliphatic carbocycles. The van der Waals surface area contributed by atoms with Crippen LogP contribution in [-0.4, -0.2) is 18.7 Å². The molecule has 0 saturated heterocycles. The molecule has 0 aliphatic rings. The Kier molecular flexibility index (Phi) is 5.21. The van der Waals surface area contributed by atoms with Crippen LogP contribution in [-0.2, 0) is 0 Å². The van der Waals surface area contributed by atoms with E-state index in [1.807, 2.05) is 32.0 Å². The van der Waals surface area contributed by atoms with E-state index in [9.17, 15) is 0 Å². The molecule has 1 atom stereocenters. The predicted molar refractivity (Wildman–Crippen MR) is 85.2 cm³/mol. The summed E-state index contributed by atoms with van der Waals surface area (Å²) in [6.07, 6.45) is 1.55. The summed E-state index contributed by atoms with van der Waals surface area (Å²) in [4.78, 5) is 4.22. The van der Waals surface area contributed by atoms with E-state index in [1.54, 1.807) is 25.4 Å². The monoisotopic (exact) mass is 297 g/mol. The van der Waals surface area contributed by atoms with Gasteiger partial charge >= 0.3 is 0 Å². The molecular weight excluding hydrogens is 278 g/mol. The van der Waals surface area contributed by atoms with E-state index in [1.165, 1.54) is 0 Å². The molecule has 0 aliphatic heterocycles. The van der Waals surface area contributed by atoms with Gasteiger partial charge < -0.3 is 14.8 Å². The Hall–Kier alpha value is -2.74. The molecule has 0 fully saturated rings. The summed E-state index contributed by atoms with van der Waals surface area (Å²) in [7, 11) is 1.63. The molecular formula is C17H19N3O2. The zero-order valence-electron chi connectivity index (χ0n) is 13.0. The van der Waals surface area contributed by atoms with Gasteiger partial charge in [-0.3, -0.25) is 0 Å². The highest BCUT2D eigenvalue weighted by Crippen LogP contribution is 2.31. The fourth-order valence-electron chi connectivity index (χ4n) is 2.08. The van der Waals surface area contributed by atoms with Crippen LogP contribution in [0.4, 0.5) is 5.82 Å². The van der Waals surface area contributed by atoms with Gasteiger partial charge in [0.25, 0.3) is 0 Å². The summed E-state index contributed by atoms with van der Waals surface area (Å²) >= 11 is 0. The van der Waals surface area contributed by atoms with Crippen molar-refractivity contribution in [2.45, 2.75) is 19.9 Å². The molecule has 0 amide bonds. The van der Waals surface area contributed by atoms with Gasteiger partial charge in [0.15, 0.2) is 11.5 Å². The van der Waals surface area contributed by atoms with Gasteiger partial charge in [0.2, 0.25) is 0 Å². The van der Waals surface area contributed by atoms with E-state index in [4.69, 9.17) is 14.7 Å². The third-order valence-electron chi connectivity index (χ3n) is 3.24. The maximum Gasteiger partial charge on any atom is 0.161 e. The van der Waals surface area contributed by atoms with Gasteiger partial charge in [0.1, 0.15) is 11.9 Å². The van der Waals surface area contributed by atoms with Crippen LogP contribution in [0.1, 0.15) is 31.0 Å². The molecule has 114 valence electrons. The molecule has 0 unspecified atom stereocenters. The zero-order valence-corrected chi connectivity index (χ0v) is 13.0. The number of anilines is 1. The topological polar surface area (TPSA) is 67.2 Å². The lowest BCUT2D eigenvalue weighted by Crippen LogP contribution is -2.08. The maximum atomic E-state index is 8.78. The summed E-state index contributed by atoms with van der Waals surface area (Å²) in [5.41, 5.74) is 1.60. The SMILES string of the molecule is CCOc1ccc([C@H](C)Nc2ccc(C#N)cn2)cc1OC. The first-order valence-corrected chi connectivity index (χ1v) is 7.11. The van der Waals surface area contributed by atoms with Crippen molar-refractivity contribution in [1.29, 1.82) is 5.26 Å². The van der Waals surface area contributed by atoms with Crippen LogP contribution >= 0.6 is 0 Å². The lowest BCUT2D eigenvalue weighted by Gasteiger charge is -2.17. The van der Waals surface area contributed by atoms with Crippen LogP contribution in [0.2, 0.25) is 0 Å². The number of benzene rings is 1. The highest BCUT2D eigenvalue weighted by Gasteiger charge is 2.11. The molecule has 0 saturated carbocycles. The summed E-state index contributed by atoms with van der Waals surface area (Å²) in [6, 6.07) is 11.5. The molecule has 2 aromatic rings. The summed E-state index contributed by atoms with van der Waals surface area (Å²) in [6.45, 7) is 4.57. The van der Waals surface area contributed by atoms with Crippen LogP contribution in [0.25, 0.3) is 0 Å². The molecule has 0 bridgehead atoms. The Morgan fingerprint density at radius 1 is 1.27 bits per heavy atom. The quantitative estimate of drug-likeness (QED) is 0.883. The number of aromatic nitrogens is 1. The number of methoxy groups -OCH3 is 1. The molecule has 0 spiro atoms. The number of hydrogen-bond acceptors (Lipinski definition) is 5. The van der Waals surface area contributed by atoms with Gasteiger partial charge in [0, 0.05) is 6.20 Å². The standard InChI is InChI=1S/C17H19N3O2/c1-4-22-15-7-6-14(9-16(15)21-3)12(2)20-17-8-5-13(10-18)11-19-17/h5-9,11-12H,4H2,1-3H3,(H,19,20)/t12-/m0/s1. The number of pyridine rings is 1. The fraction of sp³-hybridized carbons (Fsp3) is 0.294. The Bertz CT molecular complexity index is 663. The first-order chi connectivity index (χ1) is 10.7. The molecule has 1 aromatic carbocycles. The van der Waals surface area contributed by atoms with Gasteiger partial charge in [-0.15, -0.1) is 0 Å². The van der Waals surface area contributed by atoms with E-state index in [2.05, 4.69) is 16.4 Å². The van der Waals surface area contributed by atoms with Crippen molar-refractivity contribution in [3.8, 4) is 17.6 Å². The van der Waals surface area contributed by atoms with Crippen molar-refractivity contribution >= 4 is 5.82 Å². The first kappa shape index (κ1) is 15.6. The Balaban J connectivity index is 2.14. The van der Waals surface area contributed by atoms with Crippen molar-refractivity contribution < 1.29 is 9.47 Å². The smallest absolute Gasteiger partial charge is 0.161 e. The number of nitriles is 1. The summed E-state index contributed by atoms with van der Waals surface area (Å²) in [5, 5.41) is 12.1. The largest absolute Gasteiger partial charge is 0.493 e. The summed E-state index contributed by atoms with van der Waals surface area (Å²) < 4.78 is 10.9. The Morgan fingerprint density at radius 3 is 2.68 bits per heavy atom. The van der Waals surface area contributed by atoms with Crippen molar-refractivity contribution in [3.63, 3.8) is 0 Å². The molecule has 1 aromatic heterocycles. The number of ether oxygens (including phenoxy) is 2. The third kappa shape index (κ3) is 3.67. The van der Waals surface area contributed by atoms with Gasteiger partial charge in [-0.25, -0.2) is 4.98 Å². The van der Waals surface area contributed by atoms with E-state index in [0.29, 0.717) is 17.9 Å². The predicted octanol–water partition coefficient (Wildman–Crippen LogP) is 3.53. The van der Waals surface area contributed by atoms with Gasteiger partial charge in [-0.2, -0.15) is 5.26 Å². The number of nitrogens with one attached hydrogen (secondary N) is 1. The van der Waals surface area contributed by atoms with Crippen molar-refractivity contribution in [2.24, 2.45) is 0 Å². The second-order valence-corrected chi connectivity index (χ2v) is 4.75. The molecule has 22 heavy (non-hydrogen) atoms. The number of rotatable bonds is 6. The van der Waals surface area contributed by atoms with Crippen LogP contribution in [0, 0.1) is 11.3 Å². The van der Waals surface area contributed by atoms with Crippen molar-refractivity contribution in [1.82, 2.24) is 4.98 Å². The molecule has 0 radical (unpaired) electrons. The van der Waals surface area contributed by atoms with Gasteiger partial charge in [-0.05, 0) is 43.7 Å². The second-order valence-electron chi connectivity index (χ2n) is 4.75. The van der Waals surface area contributed by atoms with E-state index in [0.717, 1.165) is 17.1 Å². The highest BCUT2D eigenvalue weighted by atomic mass is 16.5. The molecule has 5 nitrogen and oxygen atoms in total. The average Bonchev–Trinajstić information content (AvgIpc) is 2.56. The highest BCUT2D eigenvalue weighted by molar-refractivity contribution is 5.46. The normalized spacial score (nSPS) is 11.4. The maximum absolute atomic E-state index is 8.78. The van der Waals surface area contributed by atoms with Crippen LogP contribution in [0.15, 0.2) is 36.5 Å². The third-order valence-corrected chi connectivity index (χ3v) is 3.24. The van der Waals surface area contributed by atoms with Crippen LogP contribution < -0.4 is 14.8 Å². The number of nitrogens with zero attached hydrogens (tertiary/aromatic N) is 2. The van der Waals surface area contributed by atoms with E-state index in [-0.39, 0.29) is 6.04 Å². The number of hydrogen-bond donors (Lipinski definition) is 1. The fourth-order valence-corrected chi connectivity index (χ4v) is 2.08. The second kappa shape index (κ2) is 7.32. The molecule has 1 heterocycles. The average molecular weight is 297 g/mol. The molecule has 5 heteroatoms. The summed E-state index contributed by atoms with van der Waals surface area (Å²) in [5.74, 6) is 2.16. The van der Waals surface area contributed by atoms with Crippen molar-refractivity contribution in [3.05, 3.63) is 47.7 Å². The lowest BCUT2D eigenvalue weighted by atomic mass is 10.1. The minimum atomic E-state index is 0.0463. The van der Waals surface area contributed by atoms with Crippen LogP contribution in [0.5, 0.6) is 11.5 Å². The first-order valence-electron chi connectivity index (χ1n) is 7.11. The minimum absolute atomic E-state index is 0.0463. The van der Waals surface area contributed by atoms with E-state index >= 15 is 0 Å². The van der Waals surface area contributed by atoms with Gasteiger partial charge in [-0.1, -0.05) is 6.07 Å². The van der Waals surface area contributed by atoms with E-state index < -0.39 is 0 Å². The molecule has 1 N–H and O–H groups in total. The lowest BCUT2D eigenvalue weighted by molar-refractivity contribution is 0.310. The Labute approximate surface area is 130 Å². The zero-order chi connectivity index (χ0) is 15.9. The molecule has 2 rings (SSSR count). The van der Waals surface area contributed by atoms with Crippen LogP contribution in [0.3, 0.4) is 0 Å². The van der Waals surface area contributed by atoms with Gasteiger partial charge in [0.05, 0.1) is 25.3 Å². The Morgan fingerprint density at radius 2 is 2.09 bits per heavy atom.